The molecule has 2 aromatic rings. The standard InChI is InChI=1S/C28H33F3N2O7S/c1-27(2)9-7-18(8-10-27)13-19-3-5-23-22(14-19)33(17-21(40-23)4-6-25(35)36)41(37,38)24-15-20(28(29,30)31)16-32-26(24)39-12-11-34/h3,5,13-16,21,34H,4,6-12,17H2,1-2H3,(H,35,36). The average Bonchev–Trinajstić information content (AvgIpc) is 2.90. The Morgan fingerprint density at radius 3 is 2.59 bits per heavy atom. The maximum atomic E-state index is 14.1. The van der Waals surface area contributed by atoms with Gasteiger partial charge in [0, 0.05) is 12.6 Å². The minimum absolute atomic E-state index is 0.0307. The van der Waals surface area contributed by atoms with Crippen molar-refractivity contribution in [3.05, 3.63) is 47.2 Å². The van der Waals surface area contributed by atoms with E-state index in [9.17, 15) is 26.4 Å². The van der Waals surface area contributed by atoms with E-state index in [1.807, 2.05) is 6.08 Å². The van der Waals surface area contributed by atoms with Gasteiger partial charge in [-0.05, 0) is 61.3 Å². The summed E-state index contributed by atoms with van der Waals surface area (Å²) in [6.45, 7) is 3.17. The summed E-state index contributed by atoms with van der Waals surface area (Å²) in [6, 6.07) is 5.39. The van der Waals surface area contributed by atoms with Gasteiger partial charge >= 0.3 is 12.1 Å². The molecule has 1 aliphatic carbocycles. The zero-order chi connectivity index (χ0) is 30.0. The third-order valence-corrected chi connectivity index (χ3v) is 9.03. The topological polar surface area (TPSA) is 126 Å². The molecular formula is C28H33F3N2O7S. The second kappa shape index (κ2) is 11.9. The molecule has 1 saturated carbocycles. The molecular weight excluding hydrogens is 565 g/mol. The fraction of sp³-hybridized carbons (Fsp3) is 0.500. The Morgan fingerprint density at radius 1 is 1.24 bits per heavy atom. The zero-order valence-corrected chi connectivity index (χ0v) is 23.6. The van der Waals surface area contributed by atoms with Gasteiger partial charge in [-0.2, -0.15) is 13.2 Å². The molecule has 0 spiro atoms. The lowest BCUT2D eigenvalue weighted by Gasteiger charge is -2.36. The summed E-state index contributed by atoms with van der Waals surface area (Å²) in [4.78, 5) is 14.0. The Balaban J connectivity index is 1.79. The minimum Gasteiger partial charge on any atom is -0.486 e. The highest BCUT2D eigenvalue weighted by Crippen LogP contribution is 2.43. The van der Waals surface area contributed by atoms with E-state index in [1.54, 1.807) is 18.2 Å². The molecule has 1 atom stereocenters. The lowest BCUT2D eigenvalue weighted by molar-refractivity contribution is -0.138. The van der Waals surface area contributed by atoms with Crippen LogP contribution >= 0.6 is 0 Å². The molecule has 2 aliphatic rings. The van der Waals surface area contributed by atoms with Crippen molar-refractivity contribution in [2.45, 2.75) is 69.5 Å². The number of aliphatic hydroxyl groups excluding tert-OH is 1. The number of carboxylic acid groups (broad SMARTS) is 1. The molecule has 0 amide bonds. The van der Waals surface area contributed by atoms with Gasteiger partial charge in [0.05, 0.1) is 24.4 Å². The molecule has 0 radical (unpaired) electrons. The summed E-state index contributed by atoms with van der Waals surface area (Å²) in [5.74, 6) is -1.54. The van der Waals surface area contributed by atoms with Crippen molar-refractivity contribution >= 4 is 27.8 Å². The maximum absolute atomic E-state index is 14.1. The molecule has 1 fully saturated rings. The van der Waals surface area contributed by atoms with Gasteiger partial charge in [0.2, 0.25) is 5.88 Å². The van der Waals surface area contributed by atoms with Crippen LogP contribution in [-0.4, -0.2) is 55.4 Å². The molecule has 4 rings (SSSR count). The number of halogens is 3. The second-order valence-electron chi connectivity index (χ2n) is 11.0. The molecule has 41 heavy (non-hydrogen) atoms. The number of carboxylic acids is 1. The van der Waals surface area contributed by atoms with E-state index in [2.05, 4.69) is 18.8 Å². The Hall–Kier alpha value is -3.32. The molecule has 224 valence electrons. The number of aromatic nitrogens is 1. The van der Waals surface area contributed by atoms with Crippen LogP contribution in [-0.2, 0) is 21.0 Å². The number of rotatable bonds is 9. The van der Waals surface area contributed by atoms with Crippen LogP contribution in [0.2, 0.25) is 0 Å². The first-order chi connectivity index (χ1) is 19.2. The quantitative estimate of drug-likeness (QED) is 0.400. The van der Waals surface area contributed by atoms with Gasteiger partial charge < -0.3 is 19.7 Å². The SMILES string of the molecule is CC1(C)CCC(=Cc2ccc3c(c2)N(S(=O)(=O)c2cc(C(F)(F)F)cnc2OCCO)CC(CCC(=O)O)O3)CC1. The van der Waals surface area contributed by atoms with Gasteiger partial charge in [-0.3, -0.25) is 9.10 Å². The number of sulfonamides is 1. The van der Waals surface area contributed by atoms with Gasteiger partial charge in [-0.1, -0.05) is 31.6 Å². The number of fused-ring (bicyclic) bond motifs is 1. The monoisotopic (exact) mass is 598 g/mol. The first kappa shape index (κ1) is 30.6. The molecule has 1 aliphatic heterocycles. The Bertz CT molecular complexity index is 1410. The van der Waals surface area contributed by atoms with Crippen LogP contribution < -0.4 is 13.8 Å². The van der Waals surface area contributed by atoms with Gasteiger partial charge in [0.1, 0.15) is 18.5 Å². The average molecular weight is 599 g/mol. The summed E-state index contributed by atoms with van der Waals surface area (Å²) in [7, 11) is -4.74. The van der Waals surface area contributed by atoms with Gasteiger partial charge in [-0.15, -0.1) is 0 Å². The van der Waals surface area contributed by atoms with E-state index < -0.39 is 57.8 Å². The number of hydrogen-bond donors (Lipinski definition) is 2. The van der Waals surface area contributed by atoms with Crippen LogP contribution in [0, 0.1) is 5.41 Å². The fourth-order valence-corrected chi connectivity index (χ4v) is 6.46. The summed E-state index contributed by atoms with van der Waals surface area (Å²) in [5, 5.41) is 18.3. The molecule has 0 saturated heterocycles. The summed E-state index contributed by atoms with van der Waals surface area (Å²) < 4.78 is 80.9. The first-order valence-electron chi connectivity index (χ1n) is 13.3. The smallest absolute Gasteiger partial charge is 0.417 e. The number of aliphatic carboxylic acids is 1. The highest BCUT2D eigenvalue weighted by molar-refractivity contribution is 7.93. The number of ether oxygens (including phenoxy) is 2. The maximum Gasteiger partial charge on any atom is 0.417 e. The molecule has 1 aromatic carbocycles. The van der Waals surface area contributed by atoms with Crippen LogP contribution in [0.15, 0.2) is 40.9 Å². The fourth-order valence-electron chi connectivity index (χ4n) is 4.85. The van der Waals surface area contributed by atoms with Crippen LogP contribution in [0.3, 0.4) is 0 Å². The third kappa shape index (κ3) is 7.31. The molecule has 9 nitrogen and oxygen atoms in total. The predicted molar refractivity (Wildman–Crippen MR) is 144 cm³/mol. The molecule has 13 heteroatoms. The van der Waals surface area contributed by atoms with Crippen molar-refractivity contribution in [1.29, 1.82) is 0 Å². The number of allylic oxidation sites excluding steroid dienone is 1. The number of hydrogen-bond acceptors (Lipinski definition) is 7. The van der Waals surface area contributed by atoms with Crippen molar-refractivity contribution in [2.75, 3.05) is 24.1 Å². The third-order valence-electron chi connectivity index (χ3n) is 7.26. The number of pyridine rings is 1. The van der Waals surface area contributed by atoms with Crippen molar-refractivity contribution in [3.63, 3.8) is 0 Å². The van der Waals surface area contributed by atoms with Crippen molar-refractivity contribution < 1.29 is 46.1 Å². The Morgan fingerprint density at radius 2 is 1.95 bits per heavy atom. The first-order valence-corrected chi connectivity index (χ1v) is 14.7. The van der Waals surface area contributed by atoms with Crippen LogP contribution in [0.5, 0.6) is 11.6 Å². The summed E-state index contributed by atoms with van der Waals surface area (Å²) in [6.07, 6.45) is 0.162. The van der Waals surface area contributed by atoms with E-state index in [0.29, 0.717) is 17.8 Å². The Kier molecular flexibility index (Phi) is 8.88. The number of carbonyl (C=O) groups is 1. The van der Waals surface area contributed by atoms with Gasteiger partial charge in [0.15, 0.2) is 4.90 Å². The van der Waals surface area contributed by atoms with E-state index in [-0.39, 0.29) is 36.2 Å². The van der Waals surface area contributed by atoms with Crippen molar-refractivity contribution in [1.82, 2.24) is 4.98 Å². The van der Waals surface area contributed by atoms with E-state index in [0.717, 1.165) is 30.0 Å². The summed E-state index contributed by atoms with van der Waals surface area (Å²) in [5.41, 5.74) is 0.961. The number of alkyl halides is 3. The molecule has 1 unspecified atom stereocenters. The van der Waals surface area contributed by atoms with E-state index >= 15 is 0 Å². The Labute approximate surface area is 236 Å². The second-order valence-corrected chi connectivity index (χ2v) is 12.8. The lowest BCUT2D eigenvalue weighted by Crippen LogP contribution is -2.44. The minimum atomic E-state index is -4.88. The number of anilines is 1. The number of nitrogens with zero attached hydrogens (tertiary/aromatic N) is 2. The molecule has 2 N–H and O–H groups in total. The van der Waals surface area contributed by atoms with Crippen LogP contribution in [0.1, 0.15) is 63.5 Å². The normalized spacial score (nSPS) is 18.8. The number of benzene rings is 1. The van der Waals surface area contributed by atoms with Gasteiger partial charge in [-0.25, -0.2) is 13.4 Å². The molecule has 1 aromatic heterocycles. The highest BCUT2D eigenvalue weighted by Gasteiger charge is 2.40. The van der Waals surface area contributed by atoms with E-state index in [4.69, 9.17) is 19.7 Å². The summed E-state index contributed by atoms with van der Waals surface area (Å²) >= 11 is 0. The predicted octanol–water partition coefficient (Wildman–Crippen LogP) is 5.28. The largest absolute Gasteiger partial charge is 0.486 e. The van der Waals surface area contributed by atoms with E-state index in [1.165, 1.54) is 5.57 Å². The molecule has 0 bridgehead atoms. The number of aliphatic hydroxyl groups is 1. The zero-order valence-electron chi connectivity index (χ0n) is 22.8. The van der Waals surface area contributed by atoms with Crippen molar-refractivity contribution in [2.24, 2.45) is 5.41 Å². The van der Waals surface area contributed by atoms with Crippen LogP contribution in [0.4, 0.5) is 18.9 Å². The van der Waals surface area contributed by atoms with Gasteiger partial charge in [0.25, 0.3) is 10.0 Å². The lowest BCUT2D eigenvalue weighted by atomic mass is 9.75. The van der Waals surface area contributed by atoms with Crippen molar-refractivity contribution in [3.8, 4) is 11.6 Å². The van der Waals surface area contributed by atoms with Crippen LogP contribution in [0.25, 0.3) is 6.08 Å². The highest BCUT2D eigenvalue weighted by atomic mass is 32.2. The molecule has 2 heterocycles.